The minimum atomic E-state index is -0.826. The van der Waals surface area contributed by atoms with E-state index in [1.807, 2.05) is 48.5 Å². The monoisotopic (exact) mass is 328 g/mol. The summed E-state index contributed by atoms with van der Waals surface area (Å²) in [5.41, 5.74) is 2.35. The van der Waals surface area contributed by atoms with E-state index in [9.17, 15) is 4.79 Å². The summed E-state index contributed by atoms with van der Waals surface area (Å²) in [6.07, 6.45) is -0.826. The molecule has 0 saturated heterocycles. The van der Waals surface area contributed by atoms with Gasteiger partial charge in [0, 0.05) is 11.6 Å². The van der Waals surface area contributed by atoms with Crippen molar-refractivity contribution in [1.82, 2.24) is 9.78 Å². The van der Waals surface area contributed by atoms with Crippen LogP contribution in [0.15, 0.2) is 60.7 Å². The molecule has 3 rings (SSSR count). The van der Waals surface area contributed by atoms with Gasteiger partial charge in [-0.1, -0.05) is 54.1 Å². The van der Waals surface area contributed by atoms with Gasteiger partial charge in [0.1, 0.15) is 0 Å². The maximum absolute atomic E-state index is 11.3. The van der Waals surface area contributed by atoms with Gasteiger partial charge in [-0.25, -0.2) is 9.48 Å². The average Bonchev–Trinajstić information content (AvgIpc) is 2.99. The SMILES string of the molecule is COC(=O)Oc1cc(-c2ccccc2)n(-c2ccccc2Cl)n1. The maximum Gasteiger partial charge on any atom is 0.514 e. The Balaban J connectivity index is 2.13. The predicted molar refractivity (Wildman–Crippen MR) is 87.0 cm³/mol. The normalized spacial score (nSPS) is 10.3. The Bertz CT molecular complexity index is 831. The third kappa shape index (κ3) is 3.19. The van der Waals surface area contributed by atoms with Crippen molar-refractivity contribution in [3.8, 4) is 22.8 Å². The fourth-order valence-corrected chi connectivity index (χ4v) is 2.37. The summed E-state index contributed by atoms with van der Waals surface area (Å²) in [7, 11) is 1.24. The molecule has 0 aliphatic rings. The highest BCUT2D eigenvalue weighted by Crippen LogP contribution is 2.30. The van der Waals surface area contributed by atoms with Crippen LogP contribution >= 0.6 is 11.6 Å². The van der Waals surface area contributed by atoms with Crippen molar-refractivity contribution in [2.75, 3.05) is 7.11 Å². The van der Waals surface area contributed by atoms with Gasteiger partial charge >= 0.3 is 6.16 Å². The number of methoxy groups -OCH3 is 1. The quantitative estimate of drug-likeness (QED) is 0.671. The second kappa shape index (κ2) is 6.54. The van der Waals surface area contributed by atoms with E-state index in [2.05, 4.69) is 9.84 Å². The minimum absolute atomic E-state index is 0.135. The topological polar surface area (TPSA) is 53.4 Å². The number of carbonyl (C=O) groups excluding carboxylic acids is 1. The molecule has 0 fully saturated rings. The van der Waals surface area contributed by atoms with E-state index < -0.39 is 6.16 Å². The van der Waals surface area contributed by atoms with E-state index in [0.29, 0.717) is 10.7 Å². The first kappa shape index (κ1) is 15.1. The van der Waals surface area contributed by atoms with E-state index in [4.69, 9.17) is 16.3 Å². The highest BCUT2D eigenvalue weighted by atomic mass is 35.5. The molecule has 0 radical (unpaired) electrons. The number of ether oxygens (including phenoxy) is 2. The van der Waals surface area contributed by atoms with Crippen molar-refractivity contribution in [3.63, 3.8) is 0 Å². The molecule has 0 atom stereocenters. The molecule has 1 aromatic heterocycles. The molecule has 0 aliphatic carbocycles. The zero-order valence-electron chi connectivity index (χ0n) is 12.3. The average molecular weight is 329 g/mol. The molecule has 116 valence electrons. The molecule has 1 heterocycles. The Morgan fingerprint density at radius 3 is 2.48 bits per heavy atom. The fourth-order valence-electron chi connectivity index (χ4n) is 2.16. The lowest BCUT2D eigenvalue weighted by molar-refractivity contribution is 0.119. The number of hydrogen-bond donors (Lipinski definition) is 0. The minimum Gasteiger partial charge on any atom is -0.437 e. The summed E-state index contributed by atoms with van der Waals surface area (Å²) in [6, 6.07) is 18.6. The Labute approximate surface area is 138 Å². The van der Waals surface area contributed by atoms with Crippen molar-refractivity contribution in [2.24, 2.45) is 0 Å². The molecule has 0 unspecified atom stereocenters. The Hall–Kier alpha value is -2.79. The van der Waals surface area contributed by atoms with Crippen LogP contribution in [0.3, 0.4) is 0 Å². The number of rotatable bonds is 3. The van der Waals surface area contributed by atoms with Crippen LogP contribution in [0.5, 0.6) is 5.88 Å². The Morgan fingerprint density at radius 2 is 1.78 bits per heavy atom. The standard InChI is InChI=1S/C17H13ClN2O3/c1-22-17(21)23-16-11-15(12-7-3-2-4-8-12)20(19-16)14-10-6-5-9-13(14)18/h2-11H,1H3. The molecular weight excluding hydrogens is 316 g/mol. The van der Waals surface area contributed by atoms with Crippen LogP contribution in [0.2, 0.25) is 5.02 Å². The highest BCUT2D eigenvalue weighted by molar-refractivity contribution is 6.32. The smallest absolute Gasteiger partial charge is 0.437 e. The number of aromatic nitrogens is 2. The first-order valence-corrected chi connectivity index (χ1v) is 7.23. The third-order valence-corrected chi connectivity index (χ3v) is 3.51. The Kier molecular flexibility index (Phi) is 4.30. The van der Waals surface area contributed by atoms with Crippen molar-refractivity contribution in [3.05, 3.63) is 65.7 Å². The van der Waals surface area contributed by atoms with E-state index in [1.54, 1.807) is 16.8 Å². The molecule has 0 amide bonds. The van der Waals surface area contributed by atoms with Crippen LogP contribution in [-0.2, 0) is 4.74 Å². The fraction of sp³-hybridized carbons (Fsp3) is 0.0588. The first-order chi connectivity index (χ1) is 11.2. The van der Waals surface area contributed by atoms with Crippen LogP contribution in [0.1, 0.15) is 0 Å². The van der Waals surface area contributed by atoms with Crippen LogP contribution < -0.4 is 4.74 Å². The molecule has 0 saturated carbocycles. The Morgan fingerprint density at radius 1 is 1.09 bits per heavy atom. The lowest BCUT2D eigenvalue weighted by Crippen LogP contribution is -2.08. The van der Waals surface area contributed by atoms with Crippen LogP contribution in [0, 0.1) is 0 Å². The third-order valence-electron chi connectivity index (χ3n) is 3.19. The van der Waals surface area contributed by atoms with Gasteiger partial charge in [0.25, 0.3) is 0 Å². The summed E-state index contributed by atoms with van der Waals surface area (Å²) in [5, 5.41) is 4.85. The summed E-state index contributed by atoms with van der Waals surface area (Å²) in [6.45, 7) is 0. The molecule has 5 nitrogen and oxygen atoms in total. The second-order valence-electron chi connectivity index (χ2n) is 4.65. The van der Waals surface area contributed by atoms with Gasteiger partial charge in [-0.15, -0.1) is 5.10 Å². The van der Waals surface area contributed by atoms with Crippen LogP contribution in [-0.4, -0.2) is 23.0 Å². The zero-order valence-corrected chi connectivity index (χ0v) is 13.0. The molecule has 0 aliphatic heterocycles. The van der Waals surface area contributed by atoms with Crippen LogP contribution in [0.25, 0.3) is 16.9 Å². The number of benzene rings is 2. The van der Waals surface area contributed by atoms with E-state index in [1.165, 1.54) is 7.11 Å². The molecular formula is C17H13ClN2O3. The van der Waals surface area contributed by atoms with Crippen molar-refractivity contribution in [2.45, 2.75) is 0 Å². The van der Waals surface area contributed by atoms with E-state index in [0.717, 1.165) is 11.3 Å². The van der Waals surface area contributed by atoms with Crippen molar-refractivity contribution >= 4 is 17.8 Å². The number of halogens is 1. The van der Waals surface area contributed by atoms with Gasteiger partial charge in [0.05, 0.1) is 23.5 Å². The molecule has 2 aromatic carbocycles. The first-order valence-electron chi connectivity index (χ1n) is 6.85. The van der Waals surface area contributed by atoms with Gasteiger partial charge < -0.3 is 9.47 Å². The summed E-state index contributed by atoms with van der Waals surface area (Å²) in [5.74, 6) is 0.135. The molecule has 3 aromatic rings. The number of hydrogen-bond acceptors (Lipinski definition) is 4. The van der Waals surface area contributed by atoms with Crippen molar-refractivity contribution < 1.29 is 14.3 Å². The number of carbonyl (C=O) groups is 1. The maximum atomic E-state index is 11.3. The number of nitrogens with zero attached hydrogens (tertiary/aromatic N) is 2. The highest BCUT2D eigenvalue weighted by Gasteiger charge is 2.16. The van der Waals surface area contributed by atoms with Gasteiger partial charge in [-0.3, -0.25) is 0 Å². The predicted octanol–water partition coefficient (Wildman–Crippen LogP) is 4.34. The van der Waals surface area contributed by atoms with Gasteiger partial charge in [0.15, 0.2) is 0 Å². The van der Waals surface area contributed by atoms with E-state index >= 15 is 0 Å². The summed E-state index contributed by atoms with van der Waals surface area (Å²) < 4.78 is 11.2. The largest absolute Gasteiger partial charge is 0.514 e. The van der Waals surface area contributed by atoms with E-state index in [-0.39, 0.29) is 5.88 Å². The molecule has 6 heteroatoms. The summed E-state index contributed by atoms with van der Waals surface area (Å²) >= 11 is 6.27. The number of para-hydroxylation sites is 1. The molecule has 0 N–H and O–H groups in total. The van der Waals surface area contributed by atoms with Crippen LogP contribution in [0.4, 0.5) is 4.79 Å². The zero-order chi connectivity index (χ0) is 16.2. The van der Waals surface area contributed by atoms with Gasteiger partial charge in [0.2, 0.25) is 5.88 Å². The van der Waals surface area contributed by atoms with Gasteiger partial charge in [-0.05, 0) is 12.1 Å². The summed E-state index contributed by atoms with van der Waals surface area (Å²) in [4.78, 5) is 11.3. The second-order valence-corrected chi connectivity index (χ2v) is 5.06. The molecule has 23 heavy (non-hydrogen) atoms. The lowest BCUT2D eigenvalue weighted by Gasteiger charge is -2.08. The van der Waals surface area contributed by atoms with Crippen molar-refractivity contribution in [1.29, 1.82) is 0 Å². The molecule has 0 spiro atoms. The molecule has 0 bridgehead atoms. The van der Waals surface area contributed by atoms with Gasteiger partial charge in [-0.2, -0.15) is 0 Å². The lowest BCUT2D eigenvalue weighted by atomic mass is 10.1.